The quantitative estimate of drug-likeness (QED) is 0.386. The molecule has 1 amide bonds. The van der Waals surface area contributed by atoms with E-state index < -0.39 is 34.5 Å². The van der Waals surface area contributed by atoms with Gasteiger partial charge in [0.1, 0.15) is 11.4 Å². The molecule has 3 aromatic rings. The van der Waals surface area contributed by atoms with Crippen LogP contribution in [0.4, 0.5) is 9.18 Å². The Balaban J connectivity index is 1.51. The number of carbonyl (C=O) groups excluding carboxylic acids is 1. The molecule has 13 nitrogen and oxygen atoms in total. The first-order chi connectivity index (χ1) is 16.4. The monoisotopic (exact) mass is 591 g/mol. The van der Waals surface area contributed by atoms with Crippen LogP contribution in [-0.2, 0) is 16.0 Å². The van der Waals surface area contributed by atoms with E-state index in [-0.39, 0.29) is 45.0 Å². The lowest BCUT2D eigenvalue weighted by atomic mass is 10.2. The first kappa shape index (κ1) is 25.5. The number of nitrogens with zero attached hydrogens (tertiary/aromatic N) is 6. The van der Waals surface area contributed by atoms with Crippen LogP contribution in [0.1, 0.15) is 20.8 Å². The molecule has 0 saturated carbocycles. The zero-order valence-electron chi connectivity index (χ0n) is 18.3. The number of thioether (sulfide) groups is 1. The van der Waals surface area contributed by atoms with E-state index in [0.717, 1.165) is 4.57 Å². The molecular weight excluding hydrogens is 575 g/mol. The summed E-state index contributed by atoms with van der Waals surface area (Å²) in [7, 11) is 0. The highest BCUT2D eigenvalue weighted by molar-refractivity contribution is 9.10. The lowest BCUT2D eigenvalue weighted by Gasteiger charge is -2.44. The van der Waals surface area contributed by atoms with Gasteiger partial charge in [-0.15, -0.1) is 0 Å². The fourth-order valence-electron chi connectivity index (χ4n) is 3.01. The number of hydrogen-bond donors (Lipinski definition) is 0. The topological polar surface area (TPSA) is 160 Å². The van der Waals surface area contributed by atoms with Gasteiger partial charge in [-0.2, -0.15) is 4.41 Å². The molecule has 2 aromatic heterocycles. The van der Waals surface area contributed by atoms with Crippen molar-refractivity contribution in [2.45, 2.75) is 36.6 Å². The first-order valence-electron chi connectivity index (χ1n) is 9.85. The number of aromatic nitrogens is 4. The molecular formula is C18H17BrFN6O7S2-. The Bertz CT molecular complexity index is 1330. The van der Waals surface area contributed by atoms with Gasteiger partial charge in [0.25, 0.3) is 0 Å². The average Bonchev–Trinajstić information content (AvgIpc) is 3.32. The van der Waals surface area contributed by atoms with Crippen molar-refractivity contribution in [3.8, 4) is 17.2 Å². The molecule has 1 aliphatic rings. The average molecular weight is 592 g/mol. The van der Waals surface area contributed by atoms with Crippen molar-refractivity contribution >= 4 is 45.1 Å². The number of hydrogen-bond acceptors (Lipinski definition) is 12. The molecule has 35 heavy (non-hydrogen) atoms. The van der Waals surface area contributed by atoms with Crippen molar-refractivity contribution in [1.82, 2.24) is 29.5 Å². The van der Waals surface area contributed by atoms with Gasteiger partial charge in [-0.25, -0.2) is 28.2 Å². The van der Waals surface area contributed by atoms with Gasteiger partial charge < -0.3 is 9.29 Å². The minimum absolute atomic E-state index is 0.0236. The molecule has 1 unspecified atom stereocenters. The molecule has 188 valence electrons. The van der Waals surface area contributed by atoms with Crippen molar-refractivity contribution in [1.29, 1.82) is 0 Å². The molecule has 0 radical (unpaired) electrons. The Labute approximate surface area is 212 Å². The van der Waals surface area contributed by atoms with Gasteiger partial charge >= 0.3 is 11.8 Å². The summed E-state index contributed by atoms with van der Waals surface area (Å²) in [6.07, 6.45) is -1.02. The Kier molecular flexibility index (Phi) is 7.14. The van der Waals surface area contributed by atoms with Gasteiger partial charge in [0.2, 0.25) is 5.82 Å². The predicted molar refractivity (Wildman–Crippen MR) is 121 cm³/mol. The third-order valence-corrected chi connectivity index (χ3v) is 6.88. The maximum Gasteiger partial charge on any atom is 0.446 e. The normalized spacial score (nSPS) is 15.6. The third-order valence-electron chi connectivity index (χ3n) is 4.49. The second-order valence-corrected chi connectivity index (χ2v) is 11.1. The van der Waals surface area contributed by atoms with Crippen molar-refractivity contribution in [3.63, 3.8) is 0 Å². The van der Waals surface area contributed by atoms with E-state index >= 15 is 0 Å². The minimum Gasteiger partial charge on any atom is -0.754 e. The predicted octanol–water partition coefficient (Wildman–Crippen LogP) is 2.50. The standard InChI is InChI=1S/C18H18BrFN6O7S2/c1-18(2,3)31-17(28)26(35(29)30)24-7-10(8-24)34-15-13(21-33-23-15)14-22-32-16(27)25(14)9-4-5-12(20)11(19)6-9/h4-6,10H,7-8H2,1-3H3,(H,29,30)/p-1. The summed E-state index contributed by atoms with van der Waals surface area (Å²) >= 11 is 1.38. The van der Waals surface area contributed by atoms with Crippen LogP contribution in [0.5, 0.6) is 0 Å². The van der Waals surface area contributed by atoms with Gasteiger partial charge in [-0.3, -0.25) is 8.73 Å². The number of ether oxygens (including phenoxy) is 1. The molecule has 1 saturated heterocycles. The molecule has 0 bridgehead atoms. The fourth-order valence-corrected chi connectivity index (χ4v) is 4.99. The molecule has 1 aromatic carbocycles. The van der Waals surface area contributed by atoms with Crippen molar-refractivity contribution < 1.29 is 31.8 Å². The van der Waals surface area contributed by atoms with Crippen molar-refractivity contribution in [2.24, 2.45) is 0 Å². The summed E-state index contributed by atoms with van der Waals surface area (Å²) in [6, 6.07) is 3.90. The summed E-state index contributed by atoms with van der Waals surface area (Å²) in [6.45, 7) is 5.21. The Morgan fingerprint density at radius 2 is 2.06 bits per heavy atom. The number of rotatable bonds is 6. The zero-order chi connectivity index (χ0) is 25.5. The number of amides is 1. The van der Waals surface area contributed by atoms with Gasteiger partial charge in [-0.1, -0.05) is 16.9 Å². The Hall–Kier alpha value is -2.60. The Morgan fingerprint density at radius 3 is 2.69 bits per heavy atom. The first-order valence-corrected chi connectivity index (χ1v) is 12.6. The van der Waals surface area contributed by atoms with Gasteiger partial charge in [0.15, 0.2) is 10.7 Å². The van der Waals surface area contributed by atoms with Crippen LogP contribution in [0.25, 0.3) is 17.2 Å². The molecule has 0 N–H and O–H groups in total. The van der Waals surface area contributed by atoms with Crippen LogP contribution in [-0.4, -0.2) is 68.3 Å². The molecule has 0 aliphatic carbocycles. The van der Waals surface area contributed by atoms with Crippen LogP contribution in [0.2, 0.25) is 0 Å². The highest BCUT2D eigenvalue weighted by Crippen LogP contribution is 2.35. The molecule has 1 aliphatic heterocycles. The highest BCUT2D eigenvalue weighted by Gasteiger charge is 2.39. The molecule has 4 rings (SSSR count). The Morgan fingerprint density at radius 1 is 1.34 bits per heavy atom. The van der Waals surface area contributed by atoms with E-state index in [4.69, 9.17) is 13.9 Å². The van der Waals surface area contributed by atoms with Gasteiger partial charge in [0, 0.05) is 18.3 Å². The second-order valence-electron chi connectivity index (χ2n) is 8.21. The second kappa shape index (κ2) is 9.81. The SMILES string of the molecule is CC(C)(C)OC(=O)N(N1CC(Sc2nonc2-c2noc(=O)n2-c2ccc(F)c(Br)c2)C1)S(=O)[O-]. The van der Waals surface area contributed by atoms with Crippen LogP contribution < -0.4 is 5.76 Å². The van der Waals surface area contributed by atoms with E-state index in [2.05, 4.69) is 31.4 Å². The van der Waals surface area contributed by atoms with Crippen LogP contribution >= 0.6 is 27.7 Å². The molecule has 1 atom stereocenters. The van der Waals surface area contributed by atoms with Gasteiger partial charge in [0.05, 0.1) is 21.4 Å². The molecule has 1 fully saturated rings. The number of halogens is 2. The minimum atomic E-state index is -2.87. The van der Waals surface area contributed by atoms with Gasteiger partial charge in [-0.05, 0) is 65.2 Å². The lowest BCUT2D eigenvalue weighted by Crippen LogP contribution is -2.60. The van der Waals surface area contributed by atoms with E-state index in [1.54, 1.807) is 20.8 Å². The summed E-state index contributed by atoms with van der Waals surface area (Å²) in [5, 5.41) is 12.8. The van der Waals surface area contributed by atoms with E-state index in [0.29, 0.717) is 4.41 Å². The van der Waals surface area contributed by atoms with Crippen LogP contribution in [0.3, 0.4) is 0 Å². The van der Waals surface area contributed by atoms with Crippen LogP contribution in [0, 0.1) is 5.82 Å². The van der Waals surface area contributed by atoms with E-state index in [1.165, 1.54) is 35.0 Å². The molecule has 17 heteroatoms. The molecule has 3 heterocycles. The van der Waals surface area contributed by atoms with Crippen molar-refractivity contribution in [2.75, 3.05) is 13.1 Å². The summed E-state index contributed by atoms with van der Waals surface area (Å²) in [5.41, 5.74) is -0.516. The smallest absolute Gasteiger partial charge is 0.446 e. The number of hydrazine groups is 1. The summed E-state index contributed by atoms with van der Waals surface area (Å²) < 4.78 is 53.3. The van der Waals surface area contributed by atoms with Crippen LogP contribution in [0.15, 0.2) is 41.6 Å². The number of benzene rings is 1. The fraction of sp³-hybridized carbons (Fsp3) is 0.389. The largest absolute Gasteiger partial charge is 0.754 e. The number of carbonyl (C=O) groups is 1. The summed E-state index contributed by atoms with van der Waals surface area (Å²) in [4.78, 5) is 24.6. The zero-order valence-corrected chi connectivity index (χ0v) is 21.6. The van der Waals surface area contributed by atoms with Crippen molar-refractivity contribution in [3.05, 3.63) is 39.0 Å². The van der Waals surface area contributed by atoms with E-state index in [9.17, 15) is 22.7 Å². The molecule has 0 spiro atoms. The summed E-state index contributed by atoms with van der Waals surface area (Å²) in [5.74, 6) is -1.38. The third kappa shape index (κ3) is 5.48. The maximum absolute atomic E-state index is 13.6. The lowest BCUT2D eigenvalue weighted by molar-refractivity contribution is -0.0306. The highest BCUT2D eigenvalue weighted by atomic mass is 79.9. The maximum atomic E-state index is 13.6. The van der Waals surface area contributed by atoms with E-state index in [1.807, 2.05) is 0 Å².